The number of hydrogen-bond donors (Lipinski definition) is 2. The predicted octanol–water partition coefficient (Wildman–Crippen LogP) is 2.38. The smallest absolute Gasteiger partial charge is 0.242 e. The Kier molecular flexibility index (Phi) is 6.23. The van der Waals surface area contributed by atoms with E-state index in [4.69, 9.17) is 5.73 Å². The van der Waals surface area contributed by atoms with Gasteiger partial charge < -0.3 is 10.3 Å². The fraction of sp³-hybridized carbons (Fsp3) is 0.714. The van der Waals surface area contributed by atoms with Crippen molar-refractivity contribution in [1.29, 1.82) is 0 Å². The summed E-state index contributed by atoms with van der Waals surface area (Å²) in [5, 5.41) is 0. The van der Waals surface area contributed by atoms with Crippen LogP contribution in [0.25, 0.3) is 0 Å². The number of nitrogens with one attached hydrogen (secondary N) is 1. The maximum Gasteiger partial charge on any atom is 0.242 e. The minimum Gasteiger partial charge on any atom is -0.346 e. The van der Waals surface area contributed by atoms with Gasteiger partial charge in [-0.1, -0.05) is 19.8 Å². The second-order valence-corrected chi connectivity index (χ2v) is 7.25. The lowest BCUT2D eigenvalue weighted by molar-refractivity contribution is 0.533. The SMILES string of the molecule is CCCCC(C)NS(=O)(=O)c1cc(CN)n(C(C)C)c1. The van der Waals surface area contributed by atoms with Crippen LogP contribution in [0.5, 0.6) is 0 Å². The van der Waals surface area contributed by atoms with Gasteiger partial charge >= 0.3 is 0 Å². The molecule has 1 rings (SSSR count). The van der Waals surface area contributed by atoms with Crippen LogP contribution in [0.15, 0.2) is 17.2 Å². The van der Waals surface area contributed by atoms with E-state index in [1.54, 1.807) is 12.3 Å². The molecular formula is C14H27N3O2S. The van der Waals surface area contributed by atoms with E-state index < -0.39 is 10.0 Å². The second kappa shape index (κ2) is 7.24. The Morgan fingerprint density at radius 1 is 1.35 bits per heavy atom. The third kappa shape index (κ3) is 4.33. The van der Waals surface area contributed by atoms with Crippen molar-refractivity contribution in [1.82, 2.24) is 9.29 Å². The van der Waals surface area contributed by atoms with E-state index in [1.807, 2.05) is 25.3 Å². The normalized spacial score (nSPS) is 13.9. The fourth-order valence-electron chi connectivity index (χ4n) is 2.19. The van der Waals surface area contributed by atoms with Gasteiger partial charge in [0.2, 0.25) is 10.0 Å². The van der Waals surface area contributed by atoms with Gasteiger partial charge in [-0.3, -0.25) is 0 Å². The Balaban J connectivity index is 2.92. The summed E-state index contributed by atoms with van der Waals surface area (Å²) in [6.07, 6.45) is 4.60. The second-order valence-electron chi connectivity index (χ2n) is 5.54. The van der Waals surface area contributed by atoms with Crippen LogP contribution in [-0.4, -0.2) is 19.0 Å². The summed E-state index contributed by atoms with van der Waals surface area (Å²) in [4.78, 5) is 0.301. The first-order chi connectivity index (χ1) is 9.31. The summed E-state index contributed by atoms with van der Waals surface area (Å²) in [6.45, 7) is 8.34. The van der Waals surface area contributed by atoms with Crippen molar-refractivity contribution in [3.8, 4) is 0 Å². The molecule has 0 radical (unpaired) electrons. The van der Waals surface area contributed by atoms with E-state index in [0.29, 0.717) is 11.4 Å². The number of unbranched alkanes of at least 4 members (excludes halogenated alkanes) is 1. The number of sulfonamides is 1. The summed E-state index contributed by atoms with van der Waals surface area (Å²) in [5.41, 5.74) is 6.51. The van der Waals surface area contributed by atoms with Crippen molar-refractivity contribution in [2.24, 2.45) is 5.73 Å². The molecule has 0 aliphatic rings. The molecule has 0 aliphatic heterocycles. The highest BCUT2D eigenvalue weighted by Crippen LogP contribution is 2.19. The van der Waals surface area contributed by atoms with Gasteiger partial charge in [-0.2, -0.15) is 0 Å². The molecule has 1 atom stereocenters. The lowest BCUT2D eigenvalue weighted by Gasteiger charge is -2.13. The zero-order valence-corrected chi connectivity index (χ0v) is 13.7. The minimum absolute atomic E-state index is 0.0522. The Morgan fingerprint density at radius 3 is 2.45 bits per heavy atom. The summed E-state index contributed by atoms with van der Waals surface area (Å²) in [7, 11) is -3.46. The molecule has 20 heavy (non-hydrogen) atoms. The first kappa shape index (κ1) is 17.2. The zero-order chi connectivity index (χ0) is 15.3. The molecule has 0 spiro atoms. The standard InChI is InChI=1S/C14H27N3O2S/c1-5-6-7-12(4)16-20(18,19)14-8-13(9-15)17(10-14)11(2)3/h8,10-12,16H,5-7,9,15H2,1-4H3. The van der Waals surface area contributed by atoms with E-state index in [-0.39, 0.29) is 12.1 Å². The molecule has 0 saturated carbocycles. The quantitative estimate of drug-likeness (QED) is 0.774. The molecule has 1 heterocycles. The topological polar surface area (TPSA) is 77.1 Å². The average Bonchev–Trinajstić information content (AvgIpc) is 2.80. The van der Waals surface area contributed by atoms with Gasteiger partial charge in [0.05, 0.1) is 4.90 Å². The molecule has 0 fully saturated rings. The summed E-state index contributed by atoms with van der Waals surface area (Å²) in [5.74, 6) is 0. The van der Waals surface area contributed by atoms with Crippen LogP contribution in [0.1, 0.15) is 58.7 Å². The molecule has 116 valence electrons. The van der Waals surface area contributed by atoms with Crippen LogP contribution in [0.4, 0.5) is 0 Å². The van der Waals surface area contributed by atoms with E-state index in [0.717, 1.165) is 25.0 Å². The van der Waals surface area contributed by atoms with Gasteiger partial charge in [-0.25, -0.2) is 13.1 Å². The molecule has 1 unspecified atom stereocenters. The molecule has 0 bridgehead atoms. The number of nitrogens with zero attached hydrogens (tertiary/aromatic N) is 1. The first-order valence-corrected chi connectivity index (χ1v) is 8.73. The Morgan fingerprint density at radius 2 is 2.00 bits per heavy atom. The predicted molar refractivity (Wildman–Crippen MR) is 82.0 cm³/mol. The third-order valence-corrected chi connectivity index (χ3v) is 4.89. The maximum atomic E-state index is 12.3. The monoisotopic (exact) mass is 301 g/mol. The zero-order valence-electron chi connectivity index (χ0n) is 12.9. The van der Waals surface area contributed by atoms with Gasteiger partial charge in [0, 0.05) is 30.5 Å². The molecule has 6 heteroatoms. The molecule has 0 aliphatic carbocycles. The van der Waals surface area contributed by atoms with Gasteiger partial charge in [0.1, 0.15) is 0 Å². The van der Waals surface area contributed by atoms with Crippen LogP contribution >= 0.6 is 0 Å². The molecule has 0 saturated heterocycles. The highest BCUT2D eigenvalue weighted by molar-refractivity contribution is 7.89. The summed E-state index contributed by atoms with van der Waals surface area (Å²) in [6, 6.07) is 1.80. The highest BCUT2D eigenvalue weighted by atomic mass is 32.2. The van der Waals surface area contributed by atoms with E-state index >= 15 is 0 Å². The summed E-state index contributed by atoms with van der Waals surface area (Å²) < 4.78 is 29.3. The van der Waals surface area contributed by atoms with Crippen molar-refractivity contribution >= 4 is 10.0 Å². The lowest BCUT2D eigenvalue weighted by atomic mass is 10.2. The fourth-order valence-corrected chi connectivity index (χ4v) is 3.52. The number of aromatic nitrogens is 1. The van der Waals surface area contributed by atoms with Gasteiger partial charge in [-0.05, 0) is 33.3 Å². The van der Waals surface area contributed by atoms with E-state index in [9.17, 15) is 8.42 Å². The molecule has 1 aromatic heterocycles. The van der Waals surface area contributed by atoms with Crippen molar-refractivity contribution in [2.75, 3.05) is 0 Å². The maximum absolute atomic E-state index is 12.3. The van der Waals surface area contributed by atoms with Crippen LogP contribution in [0.2, 0.25) is 0 Å². The lowest BCUT2D eigenvalue weighted by Crippen LogP contribution is -2.32. The first-order valence-electron chi connectivity index (χ1n) is 7.25. The number of rotatable bonds is 8. The molecule has 3 N–H and O–H groups in total. The van der Waals surface area contributed by atoms with Crippen molar-refractivity contribution in [2.45, 2.75) is 70.5 Å². The number of hydrogen-bond acceptors (Lipinski definition) is 3. The van der Waals surface area contributed by atoms with E-state index in [1.165, 1.54) is 0 Å². The third-order valence-electron chi connectivity index (χ3n) is 3.33. The van der Waals surface area contributed by atoms with Gasteiger partial charge in [0.25, 0.3) is 0 Å². The molecule has 0 aromatic carbocycles. The highest BCUT2D eigenvalue weighted by Gasteiger charge is 2.20. The Hall–Kier alpha value is -0.850. The van der Waals surface area contributed by atoms with Gasteiger partial charge in [-0.15, -0.1) is 0 Å². The average molecular weight is 301 g/mol. The Bertz CT molecular complexity index is 521. The molecule has 5 nitrogen and oxygen atoms in total. The van der Waals surface area contributed by atoms with Crippen LogP contribution in [0, 0.1) is 0 Å². The number of nitrogens with two attached hydrogens (primary N) is 1. The van der Waals surface area contributed by atoms with Crippen molar-refractivity contribution in [3.05, 3.63) is 18.0 Å². The van der Waals surface area contributed by atoms with Crippen molar-refractivity contribution in [3.63, 3.8) is 0 Å². The Labute approximate surface area is 122 Å². The molecular weight excluding hydrogens is 274 g/mol. The van der Waals surface area contributed by atoms with Crippen LogP contribution in [0.3, 0.4) is 0 Å². The largest absolute Gasteiger partial charge is 0.346 e. The van der Waals surface area contributed by atoms with Crippen LogP contribution < -0.4 is 10.5 Å². The minimum atomic E-state index is -3.46. The molecule has 1 aromatic rings. The summed E-state index contributed by atoms with van der Waals surface area (Å²) >= 11 is 0. The van der Waals surface area contributed by atoms with Gasteiger partial charge in [0.15, 0.2) is 0 Å². The molecule has 0 amide bonds. The van der Waals surface area contributed by atoms with Crippen LogP contribution in [-0.2, 0) is 16.6 Å². The van der Waals surface area contributed by atoms with E-state index in [2.05, 4.69) is 11.6 Å². The van der Waals surface area contributed by atoms with Crippen molar-refractivity contribution < 1.29 is 8.42 Å².